The first-order valence-corrected chi connectivity index (χ1v) is 12.5. The molecule has 4 atom stereocenters. The van der Waals surface area contributed by atoms with Crippen LogP contribution in [0.3, 0.4) is 0 Å². The molecule has 0 aliphatic carbocycles. The second-order valence-corrected chi connectivity index (χ2v) is 9.67. The van der Waals surface area contributed by atoms with Crippen molar-refractivity contribution in [1.29, 1.82) is 0 Å². The van der Waals surface area contributed by atoms with Crippen molar-refractivity contribution in [2.75, 3.05) is 13.2 Å². The summed E-state index contributed by atoms with van der Waals surface area (Å²) in [5.74, 6) is -2.30. The lowest BCUT2D eigenvalue weighted by atomic mass is 9.73. The maximum atomic E-state index is 14.5. The van der Waals surface area contributed by atoms with Gasteiger partial charge in [-0.15, -0.1) is 0 Å². The van der Waals surface area contributed by atoms with E-state index in [0.717, 1.165) is 61.4 Å². The molecule has 39 heavy (non-hydrogen) atoms. The molecule has 2 saturated heterocycles. The van der Waals surface area contributed by atoms with Gasteiger partial charge in [0.1, 0.15) is 11.5 Å². The fraction of sp³-hybridized carbons (Fsp3) is 0.556. The number of rotatable bonds is 12. The fourth-order valence-corrected chi connectivity index (χ4v) is 4.32. The summed E-state index contributed by atoms with van der Waals surface area (Å²) in [7, 11) is 0. The summed E-state index contributed by atoms with van der Waals surface area (Å²) in [5, 5.41) is 0. The molecule has 2 aliphatic heterocycles. The van der Waals surface area contributed by atoms with Crippen LogP contribution < -0.4 is 9.47 Å². The van der Waals surface area contributed by atoms with Gasteiger partial charge in [0, 0.05) is 27.1 Å². The van der Waals surface area contributed by atoms with Crippen molar-refractivity contribution in [2.45, 2.75) is 82.5 Å². The van der Waals surface area contributed by atoms with Crippen molar-refractivity contribution >= 4 is 0 Å². The molecule has 216 valence electrons. The molecule has 4 rings (SSSR count). The van der Waals surface area contributed by atoms with Crippen LogP contribution in [0.5, 0.6) is 11.5 Å². The molecule has 0 N–H and O–H groups in total. The average molecular weight is 565 g/mol. The van der Waals surface area contributed by atoms with Gasteiger partial charge in [0.05, 0.1) is 0 Å². The van der Waals surface area contributed by atoms with Crippen LogP contribution in [0, 0.1) is 0 Å². The zero-order valence-corrected chi connectivity index (χ0v) is 21.8. The average Bonchev–Trinajstić information content (AvgIpc) is 3.70. The molecule has 2 fully saturated rings. The van der Waals surface area contributed by atoms with Crippen molar-refractivity contribution in [3.05, 3.63) is 59.7 Å². The van der Waals surface area contributed by atoms with Crippen LogP contribution in [0.1, 0.15) is 51.7 Å². The van der Waals surface area contributed by atoms with Gasteiger partial charge in [-0.2, -0.15) is 26.3 Å². The maximum Gasteiger partial charge on any atom is 0.411 e. The van der Waals surface area contributed by atoms with E-state index in [1.807, 2.05) is 13.8 Å². The van der Waals surface area contributed by atoms with Gasteiger partial charge >= 0.3 is 12.4 Å². The van der Waals surface area contributed by atoms with E-state index in [2.05, 4.69) is 0 Å². The highest BCUT2D eigenvalue weighted by molar-refractivity contribution is 5.47. The lowest BCUT2D eigenvalue weighted by Gasteiger charge is -2.38. The molecule has 0 spiro atoms. The number of ether oxygens (including phenoxy) is 6. The lowest BCUT2D eigenvalue weighted by Crippen LogP contribution is -2.54. The largest absolute Gasteiger partial charge is 0.457 e. The minimum Gasteiger partial charge on any atom is -0.457 e. The first-order chi connectivity index (χ1) is 18.2. The molecule has 6 nitrogen and oxygen atoms in total. The van der Waals surface area contributed by atoms with Crippen molar-refractivity contribution in [1.82, 2.24) is 0 Å². The van der Waals surface area contributed by atoms with E-state index in [1.54, 1.807) is 13.8 Å². The standard InChI is InChI=1S/C27H30F6O6/c1-5-15-34-21-23(3,38-21)36-19-11-7-17(8-12-19)25(26(28,29)30,27(31,32)33)18-9-13-20(14-10-18)37-24(4)22(39-24)35-16-6-2/h7-14,21-22H,5-6,15-16H2,1-4H3. The second kappa shape index (κ2) is 10.5. The van der Waals surface area contributed by atoms with Gasteiger partial charge in [-0.3, -0.25) is 9.47 Å². The fourth-order valence-electron chi connectivity index (χ4n) is 4.32. The Balaban J connectivity index is 1.60. The highest BCUT2D eigenvalue weighted by atomic mass is 19.4. The van der Waals surface area contributed by atoms with Gasteiger partial charge in [-0.25, -0.2) is 0 Å². The van der Waals surface area contributed by atoms with E-state index in [1.165, 1.54) is 0 Å². The summed E-state index contributed by atoms with van der Waals surface area (Å²) in [6.07, 6.45) is -11.4. The quantitative estimate of drug-likeness (QED) is 0.208. The number of alkyl halides is 6. The minimum atomic E-state index is -5.73. The molecule has 0 amide bonds. The Bertz CT molecular complexity index is 1030. The molecule has 0 aromatic heterocycles. The lowest BCUT2D eigenvalue weighted by molar-refractivity contribution is -0.288. The highest BCUT2D eigenvalue weighted by Crippen LogP contribution is 2.56. The van der Waals surface area contributed by atoms with Crippen LogP contribution in [-0.4, -0.2) is 49.7 Å². The van der Waals surface area contributed by atoms with Crippen molar-refractivity contribution in [2.24, 2.45) is 0 Å². The molecule has 0 bridgehead atoms. The third-order valence-corrected chi connectivity index (χ3v) is 6.44. The van der Waals surface area contributed by atoms with Gasteiger partial charge in [-0.05, 0) is 48.2 Å². The third-order valence-electron chi connectivity index (χ3n) is 6.44. The summed E-state index contributed by atoms with van der Waals surface area (Å²) in [4.78, 5) is 0. The molecule has 12 heteroatoms. The predicted molar refractivity (Wildman–Crippen MR) is 126 cm³/mol. The molecule has 2 aromatic rings. The van der Waals surface area contributed by atoms with Crippen LogP contribution in [0.15, 0.2) is 48.5 Å². The SMILES string of the molecule is CCCOC1OC1(C)Oc1ccc(C(c2ccc(OC3(C)OC3OCCC)cc2)(C(F)(F)F)C(F)(F)F)cc1. The van der Waals surface area contributed by atoms with E-state index in [-0.39, 0.29) is 11.5 Å². The van der Waals surface area contributed by atoms with Crippen LogP contribution in [-0.2, 0) is 24.4 Å². The number of hydrogen-bond donors (Lipinski definition) is 0. The van der Waals surface area contributed by atoms with Gasteiger partial charge < -0.3 is 18.9 Å². The second-order valence-electron chi connectivity index (χ2n) is 9.67. The first kappa shape index (κ1) is 29.4. The zero-order valence-electron chi connectivity index (χ0n) is 21.8. The Kier molecular flexibility index (Phi) is 7.89. The Morgan fingerprint density at radius 3 is 1.26 bits per heavy atom. The summed E-state index contributed by atoms with van der Waals surface area (Å²) in [6, 6.07) is 7.20. The number of benzene rings is 2. The smallest absolute Gasteiger partial charge is 0.411 e. The molecule has 2 aromatic carbocycles. The maximum absolute atomic E-state index is 14.5. The third kappa shape index (κ3) is 5.70. The van der Waals surface area contributed by atoms with E-state index in [0.29, 0.717) is 13.2 Å². The van der Waals surface area contributed by atoms with Crippen LogP contribution in [0.25, 0.3) is 0 Å². The highest BCUT2D eigenvalue weighted by Gasteiger charge is 2.72. The monoisotopic (exact) mass is 564 g/mol. The van der Waals surface area contributed by atoms with Gasteiger partial charge in [0.2, 0.25) is 18.0 Å². The van der Waals surface area contributed by atoms with Crippen molar-refractivity contribution in [3.8, 4) is 11.5 Å². The molecule has 4 unspecified atom stereocenters. The number of epoxide rings is 2. The summed E-state index contributed by atoms with van der Waals surface area (Å²) < 4.78 is 120. The normalized spacial score (nSPS) is 26.8. The number of halogens is 6. The topological polar surface area (TPSA) is 62.0 Å². The molecular weight excluding hydrogens is 534 g/mol. The Morgan fingerprint density at radius 2 is 0.974 bits per heavy atom. The van der Waals surface area contributed by atoms with E-state index < -0.39 is 53.0 Å². The van der Waals surface area contributed by atoms with Gasteiger partial charge in [-0.1, -0.05) is 38.1 Å². The van der Waals surface area contributed by atoms with E-state index in [4.69, 9.17) is 28.4 Å². The Morgan fingerprint density at radius 1 is 0.641 bits per heavy atom. The predicted octanol–water partition coefficient (Wildman–Crippen LogP) is 6.85. The van der Waals surface area contributed by atoms with Crippen LogP contribution >= 0.6 is 0 Å². The van der Waals surface area contributed by atoms with Crippen LogP contribution in [0.4, 0.5) is 26.3 Å². The summed E-state index contributed by atoms with van der Waals surface area (Å²) >= 11 is 0. The van der Waals surface area contributed by atoms with Gasteiger partial charge in [0.15, 0.2) is 0 Å². The molecule has 0 radical (unpaired) electrons. The first-order valence-electron chi connectivity index (χ1n) is 12.5. The van der Waals surface area contributed by atoms with Crippen molar-refractivity contribution in [3.63, 3.8) is 0 Å². The number of hydrogen-bond acceptors (Lipinski definition) is 6. The van der Waals surface area contributed by atoms with E-state index >= 15 is 0 Å². The molecule has 2 aliphatic rings. The minimum absolute atomic E-state index is 0.0309. The Labute approximate surface area is 222 Å². The summed E-state index contributed by atoms with van der Waals surface area (Å²) in [5.41, 5.74) is -6.35. The summed E-state index contributed by atoms with van der Waals surface area (Å²) in [6.45, 7) is 7.73. The Hall–Kier alpha value is -2.54. The van der Waals surface area contributed by atoms with Crippen LogP contribution in [0.2, 0.25) is 0 Å². The van der Waals surface area contributed by atoms with Gasteiger partial charge in [0.25, 0.3) is 11.6 Å². The molecular formula is C27H30F6O6. The molecule has 0 saturated carbocycles. The van der Waals surface area contributed by atoms with E-state index in [9.17, 15) is 26.3 Å². The molecule has 2 heterocycles. The van der Waals surface area contributed by atoms with Crippen molar-refractivity contribution < 1.29 is 54.8 Å². The zero-order chi connectivity index (χ0) is 28.7.